The molecule has 0 radical (unpaired) electrons. The van der Waals surface area contributed by atoms with E-state index in [1.165, 1.54) is 18.2 Å². The Morgan fingerprint density at radius 3 is 2.62 bits per heavy atom. The Morgan fingerprint density at radius 1 is 1.09 bits per heavy atom. The van der Waals surface area contributed by atoms with Crippen molar-refractivity contribution >= 4 is 29.1 Å². The number of rotatable bonds is 7. The van der Waals surface area contributed by atoms with Crippen LogP contribution in [0.3, 0.4) is 0 Å². The Labute approximate surface area is 184 Å². The predicted octanol–water partition coefficient (Wildman–Crippen LogP) is 2.03. The lowest BCUT2D eigenvalue weighted by Gasteiger charge is -2.33. The van der Waals surface area contributed by atoms with Crippen LogP contribution >= 0.6 is 0 Å². The van der Waals surface area contributed by atoms with Gasteiger partial charge in [-0.15, -0.1) is 0 Å². The minimum absolute atomic E-state index is 0.0375. The molecule has 2 aromatic rings. The van der Waals surface area contributed by atoms with Crippen molar-refractivity contribution in [1.29, 1.82) is 0 Å². The third-order valence-electron chi connectivity index (χ3n) is 4.96. The Balaban J connectivity index is 1.39. The van der Waals surface area contributed by atoms with Crippen molar-refractivity contribution in [3.63, 3.8) is 0 Å². The number of hydrogen-bond donors (Lipinski definition) is 2. The summed E-state index contributed by atoms with van der Waals surface area (Å²) in [6.45, 7) is 1.60. The summed E-state index contributed by atoms with van der Waals surface area (Å²) in [5.41, 5.74) is 0.973. The van der Waals surface area contributed by atoms with E-state index in [1.807, 2.05) is 30.3 Å². The average molecular weight is 440 g/mol. The fourth-order valence-corrected chi connectivity index (χ4v) is 3.31. The Hall–Kier alpha value is -3.79. The topological polar surface area (TPSA) is 131 Å². The van der Waals surface area contributed by atoms with Crippen molar-refractivity contribution < 1.29 is 24.0 Å². The zero-order chi connectivity index (χ0) is 22.9. The first-order valence-corrected chi connectivity index (χ1v) is 10.2. The molecule has 10 heteroatoms. The molecule has 0 aromatic heterocycles. The van der Waals surface area contributed by atoms with Gasteiger partial charge in [0.05, 0.1) is 18.1 Å². The highest BCUT2D eigenvalue weighted by atomic mass is 16.6. The number of nitro benzene ring substituents is 1. The maximum atomic E-state index is 12.5. The molecule has 1 unspecified atom stereocenters. The molecule has 0 aliphatic carbocycles. The van der Waals surface area contributed by atoms with Gasteiger partial charge in [0, 0.05) is 37.3 Å². The van der Waals surface area contributed by atoms with Crippen LogP contribution in [0.15, 0.2) is 54.6 Å². The van der Waals surface area contributed by atoms with E-state index in [2.05, 4.69) is 10.6 Å². The van der Waals surface area contributed by atoms with E-state index in [0.29, 0.717) is 26.1 Å². The highest BCUT2D eigenvalue weighted by Gasteiger charge is 2.25. The molecular formula is C22H24N4O6. The molecule has 3 rings (SSSR count). The van der Waals surface area contributed by atoms with E-state index in [4.69, 9.17) is 4.74 Å². The van der Waals surface area contributed by atoms with Crippen molar-refractivity contribution in [2.24, 2.45) is 0 Å². The van der Waals surface area contributed by atoms with E-state index in [9.17, 15) is 24.5 Å². The van der Waals surface area contributed by atoms with Gasteiger partial charge in [0.1, 0.15) is 6.10 Å². The van der Waals surface area contributed by atoms with Crippen LogP contribution in [0.4, 0.5) is 11.4 Å². The lowest BCUT2D eigenvalue weighted by Crippen LogP contribution is -2.42. The number of hydrogen-bond acceptors (Lipinski definition) is 6. The lowest BCUT2D eigenvalue weighted by molar-refractivity contribution is -0.384. The third-order valence-corrected chi connectivity index (χ3v) is 4.96. The predicted molar refractivity (Wildman–Crippen MR) is 116 cm³/mol. The molecule has 1 saturated heterocycles. The molecule has 0 saturated carbocycles. The van der Waals surface area contributed by atoms with Crippen molar-refractivity contribution in [3.8, 4) is 0 Å². The number of morpholine rings is 1. The zero-order valence-electron chi connectivity index (χ0n) is 17.4. The fraction of sp³-hybridized carbons (Fsp3) is 0.318. The monoisotopic (exact) mass is 440 g/mol. The van der Waals surface area contributed by atoms with Crippen LogP contribution in [0.25, 0.3) is 0 Å². The Kier molecular flexibility index (Phi) is 7.87. The van der Waals surface area contributed by atoms with Crippen molar-refractivity contribution in [2.45, 2.75) is 18.9 Å². The number of carbonyl (C=O) groups is 3. The van der Waals surface area contributed by atoms with Gasteiger partial charge >= 0.3 is 11.8 Å². The smallest absolute Gasteiger partial charge is 0.313 e. The summed E-state index contributed by atoms with van der Waals surface area (Å²) in [4.78, 5) is 48.3. The molecule has 168 valence electrons. The van der Waals surface area contributed by atoms with Gasteiger partial charge in [-0.05, 0) is 18.1 Å². The number of non-ortho nitro benzene ring substituents is 1. The molecule has 1 heterocycles. The molecule has 1 aliphatic rings. The van der Waals surface area contributed by atoms with Gasteiger partial charge in [-0.3, -0.25) is 24.5 Å². The van der Waals surface area contributed by atoms with Gasteiger partial charge in [-0.1, -0.05) is 36.4 Å². The fourth-order valence-electron chi connectivity index (χ4n) is 3.31. The molecule has 1 atom stereocenters. The number of nitrogens with zero attached hydrogens (tertiary/aromatic N) is 2. The summed E-state index contributed by atoms with van der Waals surface area (Å²) in [7, 11) is 0. The van der Waals surface area contributed by atoms with Crippen LogP contribution in [0, 0.1) is 10.1 Å². The number of nitrogens with one attached hydrogen (secondary N) is 2. The number of ether oxygens (including phenoxy) is 1. The van der Waals surface area contributed by atoms with Crippen LogP contribution in [-0.2, 0) is 19.1 Å². The summed E-state index contributed by atoms with van der Waals surface area (Å²) < 4.78 is 5.76. The van der Waals surface area contributed by atoms with Crippen molar-refractivity contribution in [3.05, 3.63) is 70.3 Å². The zero-order valence-corrected chi connectivity index (χ0v) is 17.4. The molecule has 2 aromatic carbocycles. The third kappa shape index (κ3) is 6.35. The Morgan fingerprint density at radius 2 is 1.88 bits per heavy atom. The standard InChI is InChI=1S/C22H24N4O6/c27-20(25-12-13-32-19(15-25)16-6-2-1-3-7-16)10-5-11-23-21(28)22(29)24-17-8-4-9-18(14-17)26(30)31/h1-4,6-9,14,19H,5,10-13,15H2,(H,23,28)(H,24,29). The first-order valence-electron chi connectivity index (χ1n) is 10.2. The van der Waals surface area contributed by atoms with Crippen molar-refractivity contribution in [2.75, 3.05) is 31.6 Å². The minimum atomic E-state index is -0.935. The van der Waals surface area contributed by atoms with Gasteiger partial charge in [0.25, 0.3) is 5.69 Å². The number of nitro groups is 1. The Bertz CT molecular complexity index is 981. The van der Waals surface area contributed by atoms with Gasteiger partial charge in [-0.2, -0.15) is 0 Å². The van der Waals surface area contributed by atoms with E-state index >= 15 is 0 Å². The highest BCUT2D eigenvalue weighted by molar-refractivity contribution is 6.39. The van der Waals surface area contributed by atoms with Crippen LogP contribution in [-0.4, -0.2) is 53.8 Å². The molecule has 32 heavy (non-hydrogen) atoms. The van der Waals surface area contributed by atoms with Crippen molar-refractivity contribution in [1.82, 2.24) is 10.2 Å². The molecule has 2 N–H and O–H groups in total. The van der Waals surface area contributed by atoms with E-state index in [0.717, 1.165) is 11.6 Å². The summed E-state index contributed by atoms with van der Waals surface area (Å²) in [6, 6.07) is 15.0. The van der Waals surface area contributed by atoms with Gasteiger partial charge in [0.2, 0.25) is 5.91 Å². The van der Waals surface area contributed by atoms with Crippen LogP contribution in [0.2, 0.25) is 0 Å². The second-order valence-electron chi connectivity index (χ2n) is 7.23. The average Bonchev–Trinajstić information content (AvgIpc) is 2.82. The maximum absolute atomic E-state index is 12.5. The molecule has 0 bridgehead atoms. The largest absolute Gasteiger partial charge is 0.370 e. The van der Waals surface area contributed by atoms with E-state index in [1.54, 1.807) is 4.90 Å². The van der Waals surface area contributed by atoms with Gasteiger partial charge in [-0.25, -0.2) is 0 Å². The normalized spacial score (nSPS) is 15.6. The first-order chi connectivity index (χ1) is 15.4. The summed E-state index contributed by atoms with van der Waals surface area (Å²) >= 11 is 0. The molecule has 10 nitrogen and oxygen atoms in total. The van der Waals surface area contributed by atoms with E-state index < -0.39 is 16.7 Å². The molecule has 1 fully saturated rings. The number of amides is 3. The molecule has 0 spiro atoms. The van der Waals surface area contributed by atoms with Gasteiger partial charge in [0.15, 0.2) is 0 Å². The lowest BCUT2D eigenvalue weighted by atomic mass is 10.1. The number of anilines is 1. The molecule has 1 aliphatic heterocycles. The second kappa shape index (κ2) is 11.0. The summed E-state index contributed by atoms with van der Waals surface area (Å²) in [5.74, 6) is -1.85. The summed E-state index contributed by atoms with van der Waals surface area (Å²) in [6.07, 6.45) is 0.446. The SMILES string of the molecule is O=C(NCCCC(=O)N1CCOC(c2ccccc2)C1)C(=O)Nc1cccc([N+](=O)[O-])c1. The van der Waals surface area contributed by atoms with E-state index in [-0.39, 0.29) is 36.4 Å². The van der Waals surface area contributed by atoms with Crippen LogP contribution < -0.4 is 10.6 Å². The summed E-state index contributed by atoms with van der Waals surface area (Å²) in [5, 5.41) is 15.5. The molecule has 3 amide bonds. The highest BCUT2D eigenvalue weighted by Crippen LogP contribution is 2.22. The van der Waals surface area contributed by atoms with Crippen LogP contribution in [0.1, 0.15) is 24.5 Å². The minimum Gasteiger partial charge on any atom is -0.370 e. The second-order valence-corrected chi connectivity index (χ2v) is 7.23. The van der Waals surface area contributed by atoms with Gasteiger partial charge < -0.3 is 20.3 Å². The maximum Gasteiger partial charge on any atom is 0.313 e. The first kappa shape index (κ1) is 22.9. The molecular weight excluding hydrogens is 416 g/mol. The number of benzene rings is 2. The quantitative estimate of drug-likeness (QED) is 0.293. The van der Waals surface area contributed by atoms with Crippen LogP contribution in [0.5, 0.6) is 0 Å². The number of carbonyl (C=O) groups excluding carboxylic acids is 3.